The highest BCUT2D eigenvalue weighted by Crippen LogP contribution is 2.23. The van der Waals surface area contributed by atoms with E-state index in [9.17, 15) is 9.90 Å². The third kappa shape index (κ3) is 2.95. The molecule has 0 saturated heterocycles. The summed E-state index contributed by atoms with van der Waals surface area (Å²) in [5, 5.41) is 9.58. The lowest BCUT2D eigenvalue weighted by molar-refractivity contribution is -0.139. The predicted octanol–water partition coefficient (Wildman–Crippen LogP) is 0.0662. The molecule has 0 radical (unpaired) electrons. The molecule has 88 valence electrons. The monoisotopic (exact) mass is 224 g/mol. The normalized spacial score (nSPS) is 12.2. The maximum atomic E-state index is 11.1. The first kappa shape index (κ1) is 12.5. The third-order valence-corrected chi connectivity index (χ3v) is 2.32. The zero-order chi connectivity index (χ0) is 12.1. The SMILES string of the molecule is COC(=O)Cc1ccc(O)c([C@H](N)CN)c1. The molecule has 1 aromatic carbocycles. The summed E-state index contributed by atoms with van der Waals surface area (Å²) in [5.74, 6) is -0.246. The van der Waals surface area contributed by atoms with Gasteiger partial charge in [0, 0.05) is 18.2 Å². The minimum Gasteiger partial charge on any atom is -0.508 e. The van der Waals surface area contributed by atoms with Crippen molar-refractivity contribution >= 4 is 5.97 Å². The second kappa shape index (κ2) is 5.48. The number of ether oxygens (including phenoxy) is 1. The van der Waals surface area contributed by atoms with Crippen LogP contribution in [0.2, 0.25) is 0 Å². The summed E-state index contributed by atoms with van der Waals surface area (Å²) in [5.41, 5.74) is 12.4. The molecule has 0 aliphatic heterocycles. The number of hydrogen-bond donors (Lipinski definition) is 3. The topological polar surface area (TPSA) is 98.6 Å². The number of hydrogen-bond acceptors (Lipinski definition) is 5. The Morgan fingerprint density at radius 2 is 2.25 bits per heavy atom. The Hall–Kier alpha value is -1.59. The first-order chi connectivity index (χ1) is 7.58. The largest absolute Gasteiger partial charge is 0.508 e. The molecule has 1 atom stereocenters. The van der Waals surface area contributed by atoms with Crippen molar-refractivity contribution in [3.8, 4) is 5.75 Å². The molecule has 0 bridgehead atoms. The van der Waals surface area contributed by atoms with Crippen LogP contribution in [0.5, 0.6) is 5.75 Å². The Morgan fingerprint density at radius 3 is 2.81 bits per heavy atom. The van der Waals surface area contributed by atoms with E-state index >= 15 is 0 Å². The van der Waals surface area contributed by atoms with Gasteiger partial charge in [0.1, 0.15) is 5.75 Å². The number of carbonyl (C=O) groups is 1. The number of esters is 1. The Morgan fingerprint density at radius 1 is 1.56 bits per heavy atom. The molecule has 0 saturated carbocycles. The summed E-state index contributed by atoms with van der Waals surface area (Å²) in [7, 11) is 1.33. The van der Waals surface area contributed by atoms with Gasteiger partial charge in [0.15, 0.2) is 0 Å². The van der Waals surface area contributed by atoms with Crippen LogP contribution in [0.25, 0.3) is 0 Å². The lowest BCUT2D eigenvalue weighted by atomic mass is 10.0. The molecule has 5 nitrogen and oxygen atoms in total. The maximum Gasteiger partial charge on any atom is 0.309 e. The van der Waals surface area contributed by atoms with Crippen molar-refractivity contribution in [3.63, 3.8) is 0 Å². The van der Waals surface area contributed by atoms with Gasteiger partial charge in [-0.2, -0.15) is 0 Å². The molecular formula is C11H16N2O3. The van der Waals surface area contributed by atoms with Crippen molar-refractivity contribution in [1.82, 2.24) is 0 Å². The van der Waals surface area contributed by atoms with E-state index in [-0.39, 0.29) is 24.7 Å². The first-order valence-electron chi connectivity index (χ1n) is 4.92. The van der Waals surface area contributed by atoms with Crippen LogP contribution in [0.1, 0.15) is 17.2 Å². The van der Waals surface area contributed by atoms with Gasteiger partial charge in [0.25, 0.3) is 0 Å². The number of carbonyl (C=O) groups excluding carboxylic acids is 1. The van der Waals surface area contributed by atoms with E-state index < -0.39 is 6.04 Å². The van der Waals surface area contributed by atoms with Crippen LogP contribution in [0.3, 0.4) is 0 Å². The van der Waals surface area contributed by atoms with Crippen LogP contribution in [0.15, 0.2) is 18.2 Å². The molecule has 0 aliphatic carbocycles. The standard InChI is InChI=1S/C11H16N2O3/c1-16-11(15)5-7-2-3-10(14)8(4-7)9(13)6-12/h2-4,9,14H,5-6,12-13H2,1H3/t9-/m1/s1. The molecule has 0 heterocycles. The molecule has 0 amide bonds. The number of phenols is 1. The highest BCUT2D eigenvalue weighted by Gasteiger charge is 2.11. The Kier molecular flexibility index (Phi) is 4.28. The molecule has 1 rings (SSSR count). The summed E-state index contributed by atoms with van der Waals surface area (Å²) in [6, 6.07) is 4.39. The number of benzene rings is 1. The van der Waals surface area contributed by atoms with Gasteiger partial charge in [0.2, 0.25) is 0 Å². The van der Waals surface area contributed by atoms with E-state index in [0.29, 0.717) is 5.56 Å². The molecule has 0 spiro atoms. The van der Waals surface area contributed by atoms with Crippen molar-refractivity contribution in [1.29, 1.82) is 0 Å². The number of methoxy groups -OCH3 is 1. The second-order valence-electron chi connectivity index (χ2n) is 3.49. The van der Waals surface area contributed by atoms with E-state index in [1.54, 1.807) is 12.1 Å². The van der Waals surface area contributed by atoms with Gasteiger partial charge in [-0.15, -0.1) is 0 Å². The summed E-state index contributed by atoms with van der Waals surface area (Å²) >= 11 is 0. The number of aromatic hydroxyl groups is 1. The van der Waals surface area contributed by atoms with E-state index in [4.69, 9.17) is 11.5 Å². The van der Waals surface area contributed by atoms with E-state index in [1.807, 2.05) is 0 Å². The average Bonchev–Trinajstić information content (AvgIpc) is 2.30. The van der Waals surface area contributed by atoms with Crippen LogP contribution in [0, 0.1) is 0 Å². The fraction of sp³-hybridized carbons (Fsp3) is 0.364. The molecule has 0 aliphatic rings. The molecule has 1 aromatic rings. The Labute approximate surface area is 94.0 Å². The van der Waals surface area contributed by atoms with Crippen LogP contribution >= 0.6 is 0 Å². The molecule has 0 aromatic heterocycles. The van der Waals surface area contributed by atoms with Gasteiger partial charge in [-0.3, -0.25) is 4.79 Å². The Balaban J connectivity index is 2.93. The van der Waals surface area contributed by atoms with Gasteiger partial charge >= 0.3 is 5.97 Å². The van der Waals surface area contributed by atoms with E-state index in [1.165, 1.54) is 13.2 Å². The van der Waals surface area contributed by atoms with Gasteiger partial charge in [0.05, 0.1) is 13.5 Å². The number of rotatable bonds is 4. The maximum absolute atomic E-state index is 11.1. The van der Waals surface area contributed by atoms with Gasteiger partial charge in [-0.25, -0.2) is 0 Å². The molecule has 5 heteroatoms. The minimum atomic E-state index is -0.433. The van der Waals surface area contributed by atoms with Crippen LogP contribution in [0.4, 0.5) is 0 Å². The van der Waals surface area contributed by atoms with Crippen LogP contribution < -0.4 is 11.5 Å². The minimum absolute atomic E-state index is 0.0894. The molecule has 0 unspecified atom stereocenters. The summed E-state index contributed by atoms with van der Waals surface area (Å²) in [6.45, 7) is 0.231. The summed E-state index contributed by atoms with van der Waals surface area (Å²) < 4.78 is 4.55. The molecular weight excluding hydrogens is 208 g/mol. The zero-order valence-corrected chi connectivity index (χ0v) is 9.14. The molecule has 16 heavy (non-hydrogen) atoms. The van der Waals surface area contributed by atoms with Crippen molar-refractivity contribution in [2.24, 2.45) is 11.5 Å². The van der Waals surface area contributed by atoms with Gasteiger partial charge in [-0.1, -0.05) is 6.07 Å². The predicted molar refractivity (Wildman–Crippen MR) is 59.8 cm³/mol. The van der Waals surface area contributed by atoms with E-state index in [0.717, 1.165) is 5.56 Å². The fourth-order valence-corrected chi connectivity index (χ4v) is 1.38. The fourth-order valence-electron chi connectivity index (χ4n) is 1.38. The summed E-state index contributed by atoms with van der Waals surface area (Å²) in [6.07, 6.45) is 0.154. The number of phenolic OH excluding ortho intramolecular Hbond substituents is 1. The lowest BCUT2D eigenvalue weighted by Crippen LogP contribution is -2.21. The average molecular weight is 224 g/mol. The smallest absolute Gasteiger partial charge is 0.309 e. The Bertz CT molecular complexity index is 379. The van der Waals surface area contributed by atoms with Crippen molar-refractivity contribution < 1.29 is 14.6 Å². The first-order valence-corrected chi connectivity index (χ1v) is 4.92. The zero-order valence-electron chi connectivity index (χ0n) is 9.14. The van der Waals surface area contributed by atoms with Crippen LogP contribution in [-0.4, -0.2) is 24.7 Å². The van der Waals surface area contributed by atoms with Crippen LogP contribution in [-0.2, 0) is 16.0 Å². The summed E-state index contributed by atoms with van der Waals surface area (Å²) in [4.78, 5) is 11.1. The van der Waals surface area contributed by atoms with Crippen molar-refractivity contribution in [2.45, 2.75) is 12.5 Å². The highest BCUT2D eigenvalue weighted by atomic mass is 16.5. The molecule has 0 fully saturated rings. The second-order valence-corrected chi connectivity index (χ2v) is 3.49. The van der Waals surface area contributed by atoms with Gasteiger partial charge < -0.3 is 21.3 Å². The van der Waals surface area contributed by atoms with Crippen molar-refractivity contribution in [2.75, 3.05) is 13.7 Å². The third-order valence-electron chi connectivity index (χ3n) is 2.32. The lowest BCUT2D eigenvalue weighted by Gasteiger charge is -2.12. The quantitative estimate of drug-likeness (QED) is 0.628. The molecule has 5 N–H and O–H groups in total. The van der Waals surface area contributed by atoms with E-state index in [2.05, 4.69) is 4.74 Å². The number of nitrogens with two attached hydrogens (primary N) is 2. The highest BCUT2D eigenvalue weighted by molar-refractivity contribution is 5.72. The van der Waals surface area contributed by atoms with Gasteiger partial charge in [-0.05, 0) is 17.7 Å². The van der Waals surface area contributed by atoms with Crippen molar-refractivity contribution in [3.05, 3.63) is 29.3 Å².